The molecule has 1 fully saturated rings. The van der Waals surface area contributed by atoms with Crippen molar-refractivity contribution in [3.63, 3.8) is 0 Å². The fourth-order valence-electron chi connectivity index (χ4n) is 2.27. The van der Waals surface area contributed by atoms with Crippen LogP contribution in [0.15, 0.2) is 24.3 Å². The molecule has 0 aromatic heterocycles. The molecule has 4 heteroatoms. The summed E-state index contributed by atoms with van der Waals surface area (Å²) in [5.41, 5.74) is 1.22. The number of nitrogens with one attached hydrogen (secondary N) is 1. The van der Waals surface area contributed by atoms with Gasteiger partial charge < -0.3 is 10.4 Å². The Morgan fingerprint density at radius 1 is 1.44 bits per heavy atom. The van der Waals surface area contributed by atoms with Crippen LogP contribution in [0.4, 0.5) is 0 Å². The number of rotatable bonds is 5. The van der Waals surface area contributed by atoms with E-state index in [4.69, 9.17) is 0 Å². The van der Waals surface area contributed by atoms with Crippen LogP contribution in [-0.2, 0) is 6.42 Å². The van der Waals surface area contributed by atoms with Gasteiger partial charge in [-0.2, -0.15) is 23.5 Å². The molecule has 2 atom stereocenters. The van der Waals surface area contributed by atoms with Gasteiger partial charge in [0.2, 0.25) is 0 Å². The van der Waals surface area contributed by atoms with Gasteiger partial charge in [-0.05, 0) is 30.7 Å². The molecule has 1 aliphatic rings. The summed E-state index contributed by atoms with van der Waals surface area (Å²) in [4.78, 5) is 0. The molecule has 18 heavy (non-hydrogen) atoms. The lowest BCUT2D eigenvalue weighted by molar-refractivity contribution is 0.472. The maximum atomic E-state index is 9.54. The number of hydrogen-bond acceptors (Lipinski definition) is 4. The summed E-state index contributed by atoms with van der Waals surface area (Å²) in [6, 6.07) is 8.15. The largest absolute Gasteiger partial charge is 0.508 e. The van der Waals surface area contributed by atoms with E-state index in [-0.39, 0.29) is 0 Å². The Hall–Kier alpha value is -0.320. The Kier molecular flexibility index (Phi) is 5.73. The molecule has 0 amide bonds. The highest BCUT2D eigenvalue weighted by molar-refractivity contribution is 8.06. The molecule has 1 aromatic carbocycles. The molecule has 1 aliphatic heterocycles. The molecule has 0 radical (unpaired) electrons. The second kappa shape index (κ2) is 7.31. The molecule has 1 heterocycles. The molecule has 2 unspecified atom stereocenters. The molecule has 0 bridgehead atoms. The van der Waals surface area contributed by atoms with Crippen LogP contribution in [0.1, 0.15) is 12.5 Å². The zero-order valence-corrected chi connectivity index (χ0v) is 12.4. The van der Waals surface area contributed by atoms with Gasteiger partial charge in [-0.25, -0.2) is 0 Å². The minimum Gasteiger partial charge on any atom is -0.508 e. The molecule has 1 saturated heterocycles. The Labute approximate surface area is 118 Å². The zero-order valence-electron chi connectivity index (χ0n) is 10.8. The summed E-state index contributed by atoms with van der Waals surface area (Å²) in [7, 11) is 0. The summed E-state index contributed by atoms with van der Waals surface area (Å²) < 4.78 is 0. The molecule has 2 N–H and O–H groups in total. The van der Waals surface area contributed by atoms with Crippen molar-refractivity contribution in [1.29, 1.82) is 0 Å². The molecule has 0 spiro atoms. The van der Waals surface area contributed by atoms with Gasteiger partial charge in [0.15, 0.2) is 0 Å². The van der Waals surface area contributed by atoms with Crippen LogP contribution in [-0.4, -0.2) is 40.2 Å². The van der Waals surface area contributed by atoms with Gasteiger partial charge in [-0.15, -0.1) is 0 Å². The van der Waals surface area contributed by atoms with Crippen molar-refractivity contribution in [1.82, 2.24) is 5.32 Å². The summed E-state index contributed by atoms with van der Waals surface area (Å²) in [5, 5.41) is 13.8. The van der Waals surface area contributed by atoms with E-state index in [9.17, 15) is 5.11 Å². The van der Waals surface area contributed by atoms with Crippen LogP contribution in [0.3, 0.4) is 0 Å². The van der Waals surface area contributed by atoms with E-state index in [0.717, 1.165) is 13.0 Å². The molecule has 100 valence electrons. The third-order valence-electron chi connectivity index (χ3n) is 3.12. The van der Waals surface area contributed by atoms with E-state index in [2.05, 4.69) is 41.8 Å². The van der Waals surface area contributed by atoms with Gasteiger partial charge >= 0.3 is 0 Å². The van der Waals surface area contributed by atoms with E-state index in [1.165, 1.54) is 22.8 Å². The fraction of sp³-hybridized carbons (Fsp3) is 0.571. The number of thioether (sulfide) groups is 2. The molecule has 1 aromatic rings. The Bertz CT molecular complexity index is 367. The topological polar surface area (TPSA) is 32.3 Å². The van der Waals surface area contributed by atoms with E-state index >= 15 is 0 Å². The first-order valence-electron chi connectivity index (χ1n) is 6.50. The Balaban J connectivity index is 2.00. The summed E-state index contributed by atoms with van der Waals surface area (Å²) in [6.45, 7) is 3.17. The van der Waals surface area contributed by atoms with Gasteiger partial charge in [-0.1, -0.05) is 19.1 Å². The molecular formula is C14H21NOS2. The highest BCUT2D eigenvalue weighted by Gasteiger charge is 2.24. The van der Waals surface area contributed by atoms with Crippen molar-refractivity contribution in [2.45, 2.75) is 24.6 Å². The highest BCUT2D eigenvalue weighted by Crippen LogP contribution is 2.28. The third kappa shape index (κ3) is 4.11. The lowest BCUT2D eigenvalue weighted by atomic mass is 10.0. The van der Waals surface area contributed by atoms with E-state index in [1.54, 1.807) is 6.07 Å². The Morgan fingerprint density at radius 2 is 2.33 bits per heavy atom. The number of benzene rings is 1. The number of phenols is 1. The summed E-state index contributed by atoms with van der Waals surface area (Å²) in [6.07, 6.45) is 1.00. The average molecular weight is 283 g/mol. The Morgan fingerprint density at radius 3 is 3.00 bits per heavy atom. The fourth-order valence-corrected chi connectivity index (χ4v) is 5.16. The van der Waals surface area contributed by atoms with Crippen molar-refractivity contribution >= 4 is 23.5 Å². The quantitative estimate of drug-likeness (QED) is 0.870. The van der Waals surface area contributed by atoms with E-state index < -0.39 is 0 Å². The van der Waals surface area contributed by atoms with Crippen LogP contribution in [0.5, 0.6) is 5.75 Å². The summed E-state index contributed by atoms with van der Waals surface area (Å²) in [5.74, 6) is 4.15. The minimum atomic E-state index is 0.369. The number of hydrogen-bond donors (Lipinski definition) is 2. The molecular weight excluding hydrogens is 262 g/mol. The van der Waals surface area contributed by atoms with E-state index in [1.807, 2.05) is 12.1 Å². The first kappa shape index (κ1) is 14.1. The van der Waals surface area contributed by atoms with Crippen LogP contribution in [0, 0.1) is 0 Å². The van der Waals surface area contributed by atoms with Crippen molar-refractivity contribution in [3.8, 4) is 5.75 Å². The van der Waals surface area contributed by atoms with Crippen LogP contribution in [0.25, 0.3) is 0 Å². The van der Waals surface area contributed by atoms with E-state index in [0.29, 0.717) is 17.0 Å². The zero-order chi connectivity index (χ0) is 12.8. The molecule has 0 aliphatic carbocycles. The summed E-state index contributed by atoms with van der Waals surface area (Å²) >= 11 is 4.15. The second-order valence-electron chi connectivity index (χ2n) is 4.52. The van der Waals surface area contributed by atoms with Gasteiger partial charge in [0.05, 0.1) is 0 Å². The van der Waals surface area contributed by atoms with Crippen LogP contribution in [0.2, 0.25) is 0 Å². The maximum Gasteiger partial charge on any atom is 0.115 e. The van der Waals surface area contributed by atoms with Crippen molar-refractivity contribution < 1.29 is 5.11 Å². The first-order chi connectivity index (χ1) is 8.79. The normalized spacial score (nSPS) is 21.7. The average Bonchev–Trinajstić information content (AvgIpc) is 2.39. The number of phenolic OH excluding ortho intramolecular Hbond substituents is 1. The van der Waals surface area contributed by atoms with Gasteiger partial charge in [-0.3, -0.25) is 0 Å². The van der Waals surface area contributed by atoms with Crippen molar-refractivity contribution in [3.05, 3.63) is 29.8 Å². The number of aromatic hydroxyl groups is 1. The molecule has 2 rings (SSSR count). The van der Waals surface area contributed by atoms with Gasteiger partial charge in [0.1, 0.15) is 5.75 Å². The first-order valence-corrected chi connectivity index (χ1v) is 8.70. The minimum absolute atomic E-state index is 0.369. The van der Waals surface area contributed by atoms with Crippen molar-refractivity contribution in [2.24, 2.45) is 0 Å². The lowest BCUT2D eigenvalue weighted by Crippen LogP contribution is -2.42. The molecule has 0 saturated carbocycles. The van der Waals surface area contributed by atoms with Crippen molar-refractivity contribution in [2.75, 3.05) is 23.8 Å². The van der Waals surface area contributed by atoms with Gasteiger partial charge in [0, 0.05) is 28.6 Å². The predicted molar refractivity (Wildman–Crippen MR) is 82.8 cm³/mol. The lowest BCUT2D eigenvalue weighted by Gasteiger charge is -2.30. The SMILES string of the molecule is CCNC(Cc1cccc(O)c1)C1CSCCS1. The third-order valence-corrected chi connectivity index (χ3v) is 6.04. The van der Waals surface area contributed by atoms with Crippen LogP contribution < -0.4 is 5.32 Å². The maximum absolute atomic E-state index is 9.54. The standard InChI is InChI=1S/C14H21NOS2/c1-2-15-13(14-10-17-6-7-18-14)9-11-4-3-5-12(16)8-11/h3-5,8,13-16H,2,6-7,9-10H2,1H3. The highest BCUT2D eigenvalue weighted by atomic mass is 32.2. The predicted octanol–water partition coefficient (Wildman–Crippen LogP) is 2.76. The number of likely N-dealkylation sites (N-methyl/N-ethyl adjacent to an activating group) is 1. The second-order valence-corrected chi connectivity index (χ2v) is 7.02. The van der Waals surface area contributed by atoms with Crippen LogP contribution >= 0.6 is 23.5 Å². The molecule has 2 nitrogen and oxygen atoms in total. The van der Waals surface area contributed by atoms with Gasteiger partial charge in [0.25, 0.3) is 0 Å². The smallest absolute Gasteiger partial charge is 0.115 e. The monoisotopic (exact) mass is 283 g/mol.